The molecule has 0 aliphatic rings. The van der Waals surface area contributed by atoms with Crippen LogP contribution in [-0.2, 0) is 13.6 Å². The normalized spacial score (nSPS) is 14.5. The van der Waals surface area contributed by atoms with Crippen molar-refractivity contribution in [2.45, 2.75) is 78.1 Å². The van der Waals surface area contributed by atoms with E-state index in [0.717, 1.165) is 19.3 Å². The molecule has 19 heavy (non-hydrogen) atoms. The van der Waals surface area contributed by atoms with Crippen molar-refractivity contribution in [1.82, 2.24) is 0 Å². The van der Waals surface area contributed by atoms with Crippen molar-refractivity contribution in [3.05, 3.63) is 0 Å². The SMILES string of the molecule is CCCCCCCCCCCCOP(=O)(F)OCC. The minimum atomic E-state index is -4.27. The molecule has 0 heterocycles. The molecule has 1 unspecified atom stereocenters. The van der Waals surface area contributed by atoms with Gasteiger partial charge in [-0.1, -0.05) is 64.7 Å². The zero-order chi connectivity index (χ0) is 14.4. The molecule has 5 heteroatoms. The van der Waals surface area contributed by atoms with Gasteiger partial charge in [0.1, 0.15) is 0 Å². The molecule has 0 spiro atoms. The Balaban J connectivity index is 3.17. The van der Waals surface area contributed by atoms with Gasteiger partial charge in [0.25, 0.3) is 0 Å². The molecule has 1 atom stereocenters. The van der Waals surface area contributed by atoms with E-state index in [2.05, 4.69) is 16.0 Å². The van der Waals surface area contributed by atoms with E-state index in [1.54, 1.807) is 6.92 Å². The molecule has 0 bridgehead atoms. The van der Waals surface area contributed by atoms with E-state index in [1.165, 1.54) is 44.9 Å². The fraction of sp³-hybridized carbons (Fsp3) is 1.00. The Morgan fingerprint density at radius 2 is 1.26 bits per heavy atom. The molecule has 0 rings (SSSR count). The van der Waals surface area contributed by atoms with E-state index in [9.17, 15) is 8.76 Å². The van der Waals surface area contributed by atoms with E-state index < -0.39 is 7.91 Å². The molecule has 0 aromatic rings. The van der Waals surface area contributed by atoms with Crippen LogP contribution in [0.5, 0.6) is 0 Å². The molecule has 116 valence electrons. The summed E-state index contributed by atoms with van der Waals surface area (Å²) in [5.74, 6) is 0. The fourth-order valence-corrected chi connectivity index (χ4v) is 2.68. The van der Waals surface area contributed by atoms with Crippen LogP contribution in [0.2, 0.25) is 0 Å². The van der Waals surface area contributed by atoms with E-state index in [0.29, 0.717) is 0 Å². The van der Waals surface area contributed by atoms with Crippen LogP contribution in [0, 0.1) is 0 Å². The van der Waals surface area contributed by atoms with E-state index in [-0.39, 0.29) is 13.2 Å². The zero-order valence-electron chi connectivity index (χ0n) is 12.5. The highest BCUT2D eigenvalue weighted by Gasteiger charge is 2.22. The van der Waals surface area contributed by atoms with E-state index >= 15 is 0 Å². The van der Waals surface area contributed by atoms with Crippen LogP contribution < -0.4 is 0 Å². The lowest BCUT2D eigenvalue weighted by molar-refractivity contribution is 0.178. The standard InChI is InChI=1S/C14H30FO3P/c1-3-5-6-7-8-9-10-11-12-13-14-18-19(15,16)17-4-2/h3-14H2,1-2H3. The molecule has 0 aromatic carbocycles. The number of rotatable bonds is 14. The second-order valence-corrected chi connectivity index (χ2v) is 6.24. The highest BCUT2D eigenvalue weighted by Crippen LogP contribution is 2.49. The minimum absolute atomic E-state index is 0.0752. The van der Waals surface area contributed by atoms with Crippen molar-refractivity contribution in [2.24, 2.45) is 0 Å². The van der Waals surface area contributed by atoms with E-state index in [4.69, 9.17) is 0 Å². The van der Waals surface area contributed by atoms with Crippen LogP contribution >= 0.6 is 7.91 Å². The van der Waals surface area contributed by atoms with Crippen LogP contribution in [0.3, 0.4) is 0 Å². The molecule has 0 saturated heterocycles. The summed E-state index contributed by atoms with van der Waals surface area (Å²) in [6, 6.07) is 0. The van der Waals surface area contributed by atoms with Gasteiger partial charge in [-0.2, -0.15) is 0 Å². The third kappa shape index (κ3) is 14.3. The fourth-order valence-electron chi connectivity index (χ4n) is 1.95. The number of hydrogen-bond donors (Lipinski definition) is 0. The maximum atomic E-state index is 13.0. The smallest absolute Gasteiger partial charge is 0.284 e. The van der Waals surface area contributed by atoms with Crippen molar-refractivity contribution in [1.29, 1.82) is 0 Å². The maximum Gasteiger partial charge on any atom is 0.513 e. The molecule has 3 nitrogen and oxygen atoms in total. The summed E-state index contributed by atoms with van der Waals surface area (Å²) in [5, 5.41) is 0. The summed E-state index contributed by atoms with van der Waals surface area (Å²) in [5.41, 5.74) is 0. The molecular weight excluding hydrogens is 266 g/mol. The van der Waals surface area contributed by atoms with Gasteiger partial charge in [-0.15, -0.1) is 4.20 Å². The lowest BCUT2D eigenvalue weighted by Gasteiger charge is -2.08. The third-order valence-corrected chi connectivity index (χ3v) is 4.08. The first kappa shape index (κ1) is 19.1. The zero-order valence-corrected chi connectivity index (χ0v) is 13.4. The first-order chi connectivity index (χ1) is 9.12. The van der Waals surface area contributed by atoms with Crippen molar-refractivity contribution < 1.29 is 17.8 Å². The van der Waals surface area contributed by atoms with Gasteiger partial charge < -0.3 is 0 Å². The molecular formula is C14H30FO3P. The number of hydrogen-bond acceptors (Lipinski definition) is 3. The Bertz CT molecular complexity index is 237. The lowest BCUT2D eigenvalue weighted by Crippen LogP contribution is -1.94. The van der Waals surface area contributed by atoms with Gasteiger partial charge in [0, 0.05) is 0 Å². The average Bonchev–Trinajstić information content (AvgIpc) is 2.36. The Hall–Kier alpha value is 0.0800. The summed E-state index contributed by atoms with van der Waals surface area (Å²) < 4.78 is 32.9. The first-order valence-corrected chi connectivity index (χ1v) is 9.14. The van der Waals surface area contributed by atoms with Gasteiger partial charge in [-0.05, 0) is 13.3 Å². The Morgan fingerprint density at radius 3 is 1.74 bits per heavy atom. The monoisotopic (exact) mass is 296 g/mol. The Morgan fingerprint density at radius 1 is 0.789 bits per heavy atom. The largest absolute Gasteiger partial charge is 0.513 e. The van der Waals surface area contributed by atoms with Gasteiger partial charge in [0.2, 0.25) is 0 Å². The first-order valence-electron chi connectivity index (χ1n) is 7.71. The molecule has 0 aliphatic carbocycles. The summed E-state index contributed by atoms with van der Waals surface area (Å²) >= 11 is 0. The van der Waals surface area contributed by atoms with E-state index in [1.807, 2.05) is 0 Å². The summed E-state index contributed by atoms with van der Waals surface area (Å²) in [7, 11) is -4.27. The average molecular weight is 296 g/mol. The van der Waals surface area contributed by atoms with Gasteiger partial charge in [0.15, 0.2) is 0 Å². The van der Waals surface area contributed by atoms with Crippen LogP contribution in [0.15, 0.2) is 0 Å². The molecule has 0 saturated carbocycles. The van der Waals surface area contributed by atoms with Crippen molar-refractivity contribution in [2.75, 3.05) is 13.2 Å². The predicted molar refractivity (Wildman–Crippen MR) is 78.1 cm³/mol. The Kier molecular flexibility index (Phi) is 13.1. The summed E-state index contributed by atoms with van der Waals surface area (Å²) in [4.78, 5) is 0. The summed E-state index contributed by atoms with van der Waals surface area (Å²) in [6.07, 6.45) is 12.1. The molecule has 0 fully saturated rings. The third-order valence-electron chi connectivity index (χ3n) is 3.03. The highest BCUT2D eigenvalue weighted by molar-refractivity contribution is 7.48. The second kappa shape index (κ2) is 13.1. The predicted octanol–water partition coefficient (Wildman–Crippen LogP) is 6.04. The Labute approximate surface area is 117 Å². The number of halogens is 1. The highest BCUT2D eigenvalue weighted by atomic mass is 31.2. The van der Waals surface area contributed by atoms with Crippen molar-refractivity contribution >= 4 is 7.91 Å². The quantitative estimate of drug-likeness (QED) is 0.289. The van der Waals surface area contributed by atoms with Gasteiger partial charge >= 0.3 is 7.91 Å². The topological polar surface area (TPSA) is 35.5 Å². The second-order valence-electron chi connectivity index (χ2n) is 4.86. The molecule has 0 aromatic heterocycles. The molecule has 0 radical (unpaired) electrons. The molecule has 0 amide bonds. The summed E-state index contributed by atoms with van der Waals surface area (Å²) in [6.45, 7) is 4.08. The molecule has 0 N–H and O–H groups in total. The van der Waals surface area contributed by atoms with Crippen LogP contribution in [0.1, 0.15) is 78.1 Å². The van der Waals surface area contributed by atoms with Gasteiger partial charge in [0.05, 0.1) is 13.2 Å². The van der Waals surface area contributed by atoms with Gasteiger partial charge in [-0.3, -0.25) is 9.05 Å². The van der Waals surface area contributed by atoms with Crippen LogP contribution in [0.25, 0.3) is 0 Å². The minimum Gasteiger partial charge on any atom is -0.284 e. The van der Waals surface area contributed by atoms with Gasteiger partial charge in [-0.25, -0.2) is 4.57 Å². The van der Waals surface area contributed by atoms with Crippen molar-refractivity contribution in [3.63, 3.8) is 0 Å². The number of unbranched alkanes of at least 4 members (excludes halogenated alkanes) is 9. The van der Waals surface area contributed by atoms with Crippen LogP contribution in [-0.4, -0.2) is 13.2 Å². The van der Waals surface area contributed by atoms with Crippen molar-refractivity contribution in [3.8, 4) is 0 Å². The lowest BCUT2D eigenvalue weighted by atomic mass is 10.1. The molecule has 0 aliphatic heterocycles. The maximum absolute atomic E-state index is 13.0. The van der Waals surface area contributed by atoms with Crippen LogP contribution in [0.4, 0.5) is 4.20 Å².